The van der Waals surface area contributed by atoms with Gasteiger partial charge in [-0.25, -0.2) is 17.5 Å². The predicted molar refractivity (Wildman–Crippen MR) is 77.7 cm³/mol. The van der Waals surface area contributed by atoms with Gasteiger partial charge in [0.15, 0.2) is 0 Å². The molecule has 0 aliphatic rings. The molecule has 0 aliphatic carbocycles. The number of sulfonamides is 1. The number of rotatable bonds is 6. The Kier molecular flexibility index (Phi) is 5.56. The largest absolute Gasteiger partial charge is 0.478 e. The van der Waals surface area contributed by atoms with Gasteiger partial charge >= 0.3 is 5.97 Å². The second kappa shape index (κ2) is 6.56. The first-order chi connectivity index (χ1) is 9.16. The molecule has 0 aromatic heterocycles. The molecule has 0 atom stereocenters. The second-order valence-electron chi connectivity index (χ2n) is 4.96. The summed E-state index contributed by atoms with van der Waals surface area (Å²) in [6.45, 7) is 4.35. The molecule has 0 fully saturated rings. The van der Waals surface area contributed by atoms with Crippen molar-refractivity contribution < 1.29 is 18.3 Å². The van der Waals surface area contributed by atoms with Crippen molar-refractivity contribution in [1.82, 2.24) is 4.31 Å². The van der Waals surface area contributed by atoms with Gasteiger partial charge in [-0.05, 0) is 30.5 Å². The highest BCUT2D eigenvalue weighted by Gasteiger charge is 2.24. The van der Waals surface area contributed by atoms with Gasteiger partial charge in [0.25, 0.3) is 0 Å². The molecule has 0 unspecified atom stereocenters. The van der Waals surface area contributed by atoms with Crippen LogP contribution >= 0.6 is 11.6 Å². The fraction of sp³-hybridized carbons (Fsp3) is 0.462. The minimum Gasteiger partial charge on any atom is -0.478 e. The summed E-state index contributed by atoms with van der Waals surface area (Å²) in [6.07, 6.45) is 0.714. The highest BCUT2D eigenvalue weighted by Crippen LogP contribution is 2.25. The van der Waals surface area contributed by atoms with Crippen molar-refractivity contribution in [2.75, 3.05) is 13.6 Å². The first-order valence-corrected chi connectivity index (χ1v) is 7.97. The fourth-order valence-corrected chi connectivity index (χ4v) is 3.24. The molecule has 0 spiro atoms. The summed E-state index contributed by atoms with van der Waals surface area (Å²) >= 11 is 5.89. The Balaban J connectivity index is 3.14. The van der Waals surface area contributed by atoms with E-state index in [4.69, 9.17) is 16.7 Å². The highest BCUT2D eigenvalue weighted by molar-refractivity contribution is 7.89. The monoisotopic (exact) mass is 319 g/mol. The van der Waals surface area contributed by atoms with Crippen LogP contribution in [0.25, 0.3) is 0 Å². The molecule has 0 saturated carbocycles. The lowest BCUT2D eigenvalue weighted by atomic mass is 10.1. The van der Waals surface area contributed by atoms with Crippen LogP contribution in [-0.2, 0) is 10.0 Å². The fourth-order valence-electron chi connectivity index (χ4n) is 1.56. The summed E-state index contributed by atoms with van der Waals surface area (Å²) in [4.78, 5) is 10.7. The van der Waals surface area contributed by atoms with Crippen molar-refractivity contribution in [3.8, 4) is 0 Å². The van der Waals surface area contributed by atoms with Crippen LogP contribution in [0.4, 0.5) is 0 Å². The van der Waals surface area contributed by atoms with Gasteiger partial charge in [0.2, 0.25) is 10.0 Å². The van der Waals surface area contributed by atoms with Crippen molar-refractivity contribution in [1.29, 1.82) is 0 Å². The van der Waals surface area contributed by atoms with E-state index in [1.807, 2.05) is 13.8 Å². The van der Waals surface area contributed by atoms with Crippen molar-refractivity contribution in [2.45, 2.75) is 25.2 Å². The maximum atomic E-state index is 12.4. The van der Waals surface area contributed by atoms with Crippen LogP contribution in [0.2, 0.25) is 5.02 Å². The minimum atomic E-state index is -3.78. The molecule has 1 aromatic carbocycles. The van der Waals surface area contributed by atoms with Crippen LogP contribution in [0, 0.1) is 5.92 Å². The molecule has 7 heteroatoms. The summed E-state index contributed by atoms with van der Waals surface area (Å²) in [5.74, 6) is -0.823. The Bertz CT molecular complexity index is 598. The minimum absolute atomic E-state index is 0.0198. The second-order valence-corrected chi connectivity index (χ2v) is 7.38. The van der Waals surface area contributed by atoms with Gasteiger partial charge in [-0.15, -0.1) is 0 Å². The summed E-state index contributed by atoms with van der Waals surface area (Å²) in [6, 6.07) is 3.65. The number of carboxylic acids is 1. The van der Waals surface area contributed by atoms with Gasteiger partial charge in [-0.2, -0.15) is 0 Å². The average Bonchev–Trinajstić information content (AvgIpc) is 2.35. The van der Waals surface area contributed by atoms with Crippen LogP contribution in [0.3, 0.4) is 0 Å². The van der Waals surface area contributed by atoms with Crippen LogP contribution in [0.1, 0.15) is 30.6 Å². The predicted octanol–water partition coefficient (Wildman–Crippen LogP) is 2.70. The van der Waals surface area contributed by atoms with Crippen LogP contribution in [0.15, 0.2) is 23.1 Å². The summed E-state index contributed by atoms with van der Waals surface area (Å²) in [5.41, 5.74) is -0.106. The summed E-state index contributed by atoms with van der Waals surface area (Å²) < 4.78 is 26.0. The first kappa shape index (κ1) is 16.9. The average molecular weight is 320 g/mol. The van der Waals surface area contributed by atoms with E-state index in [-0.39, 0.29) is 15.5 Å². The van der Waals surface area contributed by atoms with E-state index in [1.165, 1.54) is 23.5 Å². The molecule has 0 amide bonds. The van der Waals surface area contributed by atoms with E-state index >= 15 is 0 Å². The molecule has 0 saturated heterocycles. The molecule has 0 bridgehead atoms. The molecule has 5 nitrogen and oxygen atoms in total. The van der Waals surface area contributed by atoms with E-state index in [2.05, 4.69) is 0 Å². The lowest BCUT2D eigenvalue weighted by Gasteiger charge is -2.19. The molecule has 0 radical (unpaired) electrons. The third kappa shape index (κ3) is 3.94. The van der Waals surface area contributed by atoms with Crippen LogP contribution < -0.4 is 0 Å². The zero-order chi connectivity index (χ0) is 15.5. The molecule has 1 N–H and O–H groups in total. The SMILES string of the molecule is CC(C)CCN(C)S(=O)(=O)c1cc(C(=O)O)ccc1Cl. The Morgan fingerprint density at radius 2 is 2.00 bits per heavy atom. The van der Waals surface area contributed by atoms with E-state index in [9.17, 15) is 13.2 Å². The summed E-state index contributed by atoms with van der Waals surface area (Å²) in [7, 11) is -2.32. The Morgan fingerprint density at radius 1 is 1.40 bits per heavy atom. The van der Waals surface area contributed by atoms with Gasteiger partial charge in [-0.1, -0.05) is 25.4 Å². The first-order valence-electron chi connectivity index (χ1n) is 6.15. The van der Waals surface area contributed by atoms with Crippen molar-refractivity contribution >= 4 is 27.6 Å². The number of halogens is 1. The van der Waals surface area contributed by atoms with Gasteiger partial charge < -0.3 is 5.11 Å². The molecular weight excluding hydrogens is 302 g/mol. The van der Waals surface area contributed by atoms with Crippen LogP contribution in [0.5, 0.6) is 0 Å². The van der Waals surface area contributed by atoms with E-state index < -0.39 is 16.0 Å². The van der Waals surface area contributed by atoms with Gasteiger partial charge in [0.05, 0.1) is 10.6 Å². The molecule has 1 rings (SSSR count). The molecule has 112 valence electrons. The number of nitrogens with zero attached hydrogens (tertiary/aromatic N) is 1. The standard InChI is InChI=1S/C13H18ClNO4S/c1-9(2)6-7-15(3)20(18,19)12-8-10(13(16)17)4-5-11(12)14/h4-5,8-9H,6-7H2,1-3H3,(H,16,17). The van der Waals surface area contributed by atoms with E-state index in [0.29, 0.717) is 18.9 Å². The maximum Gasteiger partial charge on any atom is 0.335 e. The van der Waals surface area contributed by atoms with Gasteiger partial charge in [0, 0.05) is 13.6 Å². The topological polar surface area (TPSA) is 74.7 Å². The Hall–Kier alpha value is -1.11. The number of hydrogen-bond donors (Lipinski definition) is 1. The highest BCUT2D eigenvalue weighted by atomic mass is 35.5. The normalized spacial score (nSPS) is 12.1. The van der Waals surface area contributed by atoms with Crippen molar-refractivity contribution in [3.63, 3.8) is 0 Å². The van der Waals surface area contributed by atoms with E-state index in [0.717, 1.165) is 6.07 Å². The zero-order valence-electron chi connectivity index (χ0n) is 11.6. The number of carbonyl (C=O) groups is 1. The van der Waals surface area contributed by atoms with Crippen molar-refractivity contribution in [2.24, 2.45) is 5.92 Å². The molecular formula is C13H18ClNO4S. The molecule has 1 aromatic rings. The third-order valence-electron chi connectivity index (χ3n) is 2.89. The quantitative estimate of drug-likeness (QED) is 0.874. The smallest absolute Gasteiger partial charge is 0.335 e. The van der Waals surface area contributed by atoms with Crippen molar-refractivity contribution in [3.05, 3.63) is 28.8 Å². The molecule has 20 heavy (non-hydrogen) atoms. The number of aromatic carboxylic acids is 1. The number of benzene rings is 1. The van der Waals surface area contributed by atoms with Gasteiger partial charge in [0.1, 0.15) is 4.90 Å². The third-order valence-corrected chi connectivity index (χ3v) is 5.23. The molecule has 0 aliphatic heterocycles. The Labute approximate surface area is 124 Å². The number of hydrogen-bond acceptors (Lipinski definition) is 3. The van der Waals surface area contributed by atoms with Crippen LogP contribution in [-0.4, -0.2) is 37.4 Å². The lowest BCUT2D eigenvalue weighted by Crippen LogP contribution is -2.29. The zero-order valence-corrected chi connectivity index (χ0v) is 13.2. The number of carboxylic acid groups (broad SMARTS) is 1. The lowest BCUT2D eigenvalue weighted by molar-refractivity contribution is 0.0696. The molecule has 0 heterocycles. The maximum absolute atomic E-state index is 12.4. The van der Waals surface area contributed by atoms with Gasteiger partial charge in [-0.3, -0.25) is 0 Å². The summed E-state index contributed by atoms with van der Waals surface area (Å²) in [5, 5.41) is 8.95. The Morgan fingerprint density at radius 3 is 2.50 bits per heavy atom. The van der Waals surface area contributed by atoms with E-state index in [1.54, 1.807) is 0 Å².